The molecule has 5 heteroatoms. The van der Waals surface area contributed by atoms with Crippen molar-refractivity contribution >= 4 is 26.4 Å². The molecule has 0 spiro atoms. The Kier molecular flexibility index (Phi) is 2.12. The minimum Gasteiger partial charge on any atom is -0.397 e. The van der Waals surface area contributed by atoms with Crippen molar-refractivity contribution in [2.24, 2.45) is 0 Å². The van der Waals surface area contributed by atoms with Crippen molar-refractivity contribution < 1.29 is 8.42 Å². The topological polar surface area (TPSA) is 73.0 Å². The van der Waals surface area contributed by atoms with Crippen LogP contribution in [0, 0.1) is 0 Å². The van der Waals surface area contributed by atoms with E-state index in [0.717, 1.165) is 0 Å². The Morgan fingerprint density at radius 2 is 2.00 bits per heavy atom. The summed E-state index contributed by atoms with van der Waals surface area (Å²) in [7, 11) is -3.24. The third-order valence-corrected chi connectivity index (χ3v) is 3.32. The van der Waals surface area contributed by atoms with E-state index >= 15 is 0 Å². The van der Waals surface area contributed by atoms with E-state index in [0.29, 0.717) is 16.6 Å². The zero-order chi connectivity index (χ0) is 11.1. The molecule has 0 aliphatic carbocycles. The zero-order valence-corrected chi connectivity index (χ0v) is 8.95. The van der Waals surface area contributed by atoms with E-state index in [1.165, 1.54) is 12.3 Å². The Bertz CT molecular complexity index is 620. The Balaban J connectivity index is 2.96. The number of rotatable bonds is 1. The molecular formula is C10H10N2O2S. The maximum absolute atomic E-state index is 11.5. The van der Waals surface area contributed by atoms with Crippen molar-refractivity contribution in [3.8, 4) is 0 Å². The van der Waals surface area contributed by atoms with Crippen LogP contribution in [0.25, 0.3) is 10.9 Å². The van der Waals surface area contributed by atoms with Crippen LogP contribution in [-0.2, 0) is 9.84 Å². The highest BCUT2D eigenvalue weighted by molar-refractivity contribution is 7.91. The number of nitrogen functional groups attached to an aromatic ring is 1. The number of nitrogens with two attached hydrogens (primary N) is 1. The Hall–Kier alpha value is -1.62. The van der Waals surface area contributed by atoms with Gasteiger partial charge < -0.3 is 5.73 Å². The molecule has 0 aliphatic rings. The van der Waals surface area contributed by atoms with Crippen molar-refractivity contribution in [2.75, 3.05) is 12.0 Å². The van der Waals surface area contributed by atoms with Gasteiger partial charge in [-0.1, -0.05) is 0 Å². The quantitative estimate of drug-likeness (QED) is 0.736. The molecule has 2 aromatic rings. The molecule has 2 N–H and O–H groups in total. The highest BCUT2D eigenvalue weighted by Crippen LogP contribution is 2.25. The summed E-state index contributed by atoms with van der Waals surface area (Å²) in [6.45, 7) is 0. The monoisotopic (exact) mass is 222 g/mol. The lowest BCUT2D eigenvalue weighted by Gasteiger charge is -2.05. The van der Waals surface area contributed by atoms with Crippen LogP contribution in [0.3, 0.4) is 0 Å². The molecule has 1 heterocycles. The highest BCUT2D eigenvalue weighted by atomic mass is 32.2. The summed E-state index contributed by atoms with van der Waals surface area (Å²) in [5.74, 6) is 0. The summed E-state index contributed by atoms with van der Waals surface area (Å²) in [6.07, 6.45) is 2.76. The van der Waals surface area contributed by atoms with Crippen LogP contribution in [0.15, 0.2) is 35.4 Å². The normalized spacial score (nSPS) is 11.8. The van der Waals surface area contributed by atoms with E-state index in [-0.39, 0.29) is 4.90 Å². The molecular weight excluding hydrogens is 212 g/mol. The van der Waals surface area contributed by atoms with Crippen molar-refractivity contribution in [1.82, 2.24) is 4.98 Å². The standard InChI is InChI=1S/C10H10N2O2S/c1-15(13,14)9-5-4-8(11)10-7(9)3-2-6-12-10/h2-6H,11H2,1H3. The first-order valence-electron chi connectivity index (χ1n) is 4.33. The molecule has 0 atom stereocenters. The number of sulfone groups is 1. The van der Waals surface area contributed by atoms with Gasteiger partial charge in [0.05, 0.1) is 16.1 Å². The molecule has 0 saturated heterocycles. The third kappa shape index (κ3) is 1.66. The lowest BCUT2D eigenvalue weighted by molar-refractivity contribution is 0.602. The summed E-state index contributed by atoms with van der Waals surface area (Å²) >= 11 is 0. The van der Waals surface area contributed by atoms with Gasteiger partial charge in [0.15, 0.2) is 9.84 Å². The van der Waals surface area contributed by atoms with Gasteiger partial charge in [0.1, 0.15) is 0 Å². The van der Waals surface area contributed by atoms with Gasteiger partial charge in [-0.3, -0.25) is 4.98 Å². The molecule has 78 valence electrons. The summed E-state index contributed by atoms with van der Waals surface area (Å²) in [5.41, 5.74) is 6.72. The number of benzene rings is 1. The summed E-state index contributed by atoms with van der Waals surface area (Å²) in [4.78, 5) is 4.33. The number of anilines is 1. The molecule has 0 radical (unpaired) electrons. The molecule has 1 aromatic heterocycles. The highest BCUT2D eigenvalue weighted by Gasteiger charge is 2.12. The summed E-state index contributed by atoms with van der Waals surface area (Å²) in [6, 6.07) is 6.46. The van der Waals surface area contributed by atoms with Gasteiger partial charge in [0, 0.05) is 17.8 Å². The second kappa shape index (κ2) is 3.20. The Morgan fingerprint density at radius 3 is 2.67 bits per heavy atom. The van der Waals surface area contributed by atoms with Crippen molar-refractivity contribution in [3.05, 3.63) is 30.5 Å². The first-order chi connectivity index (χ1) is 7.00. The first-order valence-corrected chi connectivity index (χ1v) is 6.22. The molecule has 4 nitrogen and oxygen atoms in total. The predicted molar refractivity (Wildman–Crippen MR) is 59.3 cm³/mol. The van der Waals surface area contributed by atoms with Gasteiger partial charge in [0.2, 0.25) is 0 Å². The largest absolute Gasteiger partial charge is 0.397 e. The van der Waals surface area contributed by atoms with Gasteiger partial charge in [0.25, 0.3) is 0 Å². The average Bonchev–Trinajstić information content (AvgIpc) is 2.17. The first kappa shape index (κ1) is 9.92. The summed E-state index contributed by atoms with van der Waals surface area (Å²) < 4.78 is 23.0. The van der Waals surface area contributed by atoms with Crippen molar-refractivity contribution in [3.63, 3.8) is 0 Å². The smallest absolute Gasteiger partial charge is 0.176 e. The van der Waals surface area contributed by atoms with Crippen LogP contribution in [0.2, 0.25) is 0 Å². The summed E-state index contributed by atoms with van der Waals surface area (Å²) in [5, 5.41) is 0.569. The fraction of sp³-hybridized carbons (Fsp3) is 0.100. The molecule has 0 unspecified atom stereocenters. The molecule has 2 rings (SSSR count). The number of hydrogen-bond acceptors (Lipinski definition) is 4. The minimum atomic E-state index is -3.24. The van der Waals surface area contributed by atoms with Gasteiger partial charge in [-0.2, -0.15) is 0 Å². The molecule has 15 heavy (non-hydrogen) atoms. The second-order valence-corrected chi connectivity index (χ2v) is 5.31. The van der Waals surface area contributed by atoms with Crippen LogP contribution in [-0.4, -0.2) is 19.7 Å². The molecule has 0 aliphatic heterocycles. The minimum absolute atomic E-state index is 0.264. The number of hydrogen-bond donors (Lipinski definition) is 1. The van der Waals surface area contributed by atoms with E-state index in [4.69, 9.17) is 5.73 Å². The Morgan fingerprint density at radius 1 is 1.27 bits per heavy atom. The molecule has 1 aromatic carbocycles. The lowest BCUT2D eigenvalue weighted by Crippen LogP contribution is -2.00. The van der Waals surface area contributed by atoms with Crippen LogP contribution >= 0.6 is 0 Å². The number of aromatic nitrogens is 1. The second-order valence-electron chi connectivity index (χ2n) is 3.32. The van der Waals surface area contributed by atoms with Gasteiger partial charge in [-0.05, 0) is 24.3 Å². The van der Waals surface area contributed by atoms with Gasteiger partial charge in [-0.25, -0.2) is 8.42 Å². The van der Waals surface area contributed by atoms with E-state index in [1.807, 2.05) is 0 Å². The van der Waals surface area contributed by atoms with Crippen LogP contribution in [0.5, 0.6) is 0 Å². The molecule has 0 bridgehead atoms. The molecule has 0 amide bonds. The Labute approximate surface area is 87.7 Å². The van der Waals surface area contributed by atoms with Gasteiger partial charge in [-0.15, -0.1) is 0 Å². The van der Waals surface area contributed by atoms with E-state index < -0.39 is 9.84 Å². The van der Waals surface area contributed by atoms with Crippen molar-refractivity contribution in [1.29, 1.82) is 0 Å². The maximum atomic E-state index is 11.5. The van der Waals surface area contributed by atoms with Crippen molar-refractivity contribution in [2.45, 2.75) is 4.90 Å². The van der Waals surface area contributed by atoms with Crippen LogP contribution < -0.4 is 5.73 Å². The molecule has 0 saturated carbocycles. The van der Waals surface area contributed by atoms with Gasteiger partial charge >= 0.3 is 0 Å². The zero-order valence-electron chi connectivity index (χ0n) is 8.14. The number of nitrogens with zero attached hydrogens (tertiary/aromatic N) is 1. The fourth-order valence-corrected chi connectivity index (χ4v) is 2.37. The lowest BCUT2D eigenvalue weighted by atomic mass is 10.2. The predicted octanol–water partition coefficient (Wildman–Crippen LogP) is 1.22. The average molecular weight is 222 g/mol. The SMILES string of the molecule is CS(=O)(=O)c1ccc(N)c2ncccc12. The third-order valence-electron chi connectivity index (χ3n) is 2.16. The van der Waals surface area contributed by atoms with Crippen LogP contribution in [0.4, 0.5) is 5.69 Å². The number of fused-ring (bicyclic) bond motifs is 1. The van der Waals surface area contributed by atoms with E-state index in [9.17, 15) is 8.42 Å². The van der Waals surface area contributed by atoms with E-state index in [1.54, 1.807) is 24.4 Å². The number of pyridine rings is 1. The van der Waals surface area contributed by atoms with Crippen LogP contribution in [0.1, 0.15) is 0 Å². The molecule has 0 fully saturated rings. The maximum Gasteiger partial charge on any atom is 0.176 e. The van der Waals surface area contributed by atoms with E-state index in [2.05, 4.69) is 4.98 Å². The fourth-order valence-electron chi connectivity index (χ4n) is 1.49.